The van der Waals surface area contributed by atoms with Crippen molar-refractivity contribution in [1.29, 1.82) is 0 Å². The van der Waals surface area contributed by atoms with Crippen LogP contribution in [0, 0.1) is 5.82 Å². The van der Waals surface area contributed by atoms with Crippen molar-refractivity contribution >= 4 is 16.9 Å². The summed E-state index contributed by atoms with van der Waals surface area (Å²) < 4.78 is 15.1. The molecule has 0 saturated carbocycles. The summed E-state index contributed by atoms with van der Waals surface area (Å²) in [5.41, 5.74) is 0.743. The van der Waals surface area contributed by atoms with Gasteiger partial charge in [-0.2, -0.15) is 5.10 Å². The molecule has 0 aliphatic carbocycles. The van der Waals surface area contributed by atoms with E-state index in [-0.39, 0.29) is 11.3 Å². The molecule has 1 N–H and O–H groups in total. The lowest BCUT2D eigenvalue weighted by Gasteiger charge is -2.04. The summed E-state index contributed by atoms with van der Waals surface area (Å²) in [6, 6.07) is 6.14. The molecule has 0 fully saturated rings. The van der Waals surface area contributed by atoms with Crippen LogP contribution in [0.2, 0.25) is 0 Å². The predicted molar refractivity (Wildman–Crippen MR) is 65.8 cm³/mol. The van der Waals surface area contributed by atoms with Crippen molar-refractivity contribution in [3.05, 3.63) is 54.2 Å². The van der Waals surface area contributed by atoms with Crippen LogP contribution in [-0.4, -0.2) is 25.8 Å². The van der Waals surface area contributed by atoms with Crippen LogP contribution in [0.4, 0.5) is 4.39 Å². The summed E-state index contributed by atoms with van der Waals surface area (Å²) in [7, 11) is 0. The van der Waals surface area contributed by atoms with Crippen LogP contribution in [0.1, 0.15) is 10.4 Å². The van der Waals surface area contributed by atoms with E-state index in [2.05, 4.69) is 10.1 Å². The minimum Gasteiger partial charge on any atom is -0.478 e. The summed E-state index contributed by atoms with van der Waals surface area (Å²) in [6.07, 6.45) is 4.10. The Kier molecular flexibility index (Phi) is 2.49. The first kappa shape index (κ1) is 11.3. The van der Waals surface area contributed by atoms with Crippen molar-refractivity contribution in [1.82, 2.24) is 14.8 Å². The second kappa shape index (κ2) is 4.16. The lowest BCUT2D eigenvalue weighted by atomic mass is 10.2. The summed E-state index contributed by atoms with van der Waals surface area (Å²) in [4.78, 5) is 14.9. The molecule has 19 heavy (non-hydrogen) atoms. The number of aromatic nitrogens is 3. The maximum absolute atomic E-state index is 13.7. The van der Waals surface area contributed by atoms with Gasteiger partial charge >= 0.3 is 5.97 Å². The van der Waals surface area contributed by atoms with E-state index in [0.29, 0.717) is 10.9 Å². The Morgan fingerprint density at radius 1 is 1.21 bits per heavy atom. The highest BCUT2D eigenvalue weighted by atomic mass is 19.1. The van der Waals surface area contributed by atoms with E-state index < -0.39 is 11.8 Å². The maximum atomic E-state index is 13.7. The maximum Gasteiger partial charge on any atom is 0.338 e. The molecule has 5 nitrogen and oxygen atoms in total. The second-order valence-electron chi connectivity index (χ2n) is 3.93. The summed E-state index contributed by atoms with van der Waals surface area (Å²) in [5.74, 6) is -1.53. The number of hydrogen-bond donors (Lipinski definition) is 1. The Bertz CT molecular complexity index is 782. The lowest BCUT2D eigenvalue weighted by molar-refractivity contribution is 0.0698. The highest BCUT2D eigenvalue weighted by molar-refractivity contribution is 6.02. The number of hydrogen-bond acceptors (Lipinski definition) is 3. The van der Waals surface area contributed by atoms with Crippen molar-refractivity contribution in [3.63, 3.8) is 0 Å². The van der Waals surface area contributed by atoms with E-state index in [9.17, 15) is 9.18 Å². The van der Waals surface area contributed by atoms with Gasteiger partial charge in [-0.3, -0.25) is 4.98 Å². The van der Waals surface area contributed by atoms with Gasteiger partial charge in [0.1, 0.15) is 11.5 Å². The molecule has 0 unspecified atom stereocenters. The number of carboxylic acids is 1. The molecule has 0 spiro atoms. The van der Waals surface area contributed by atoms with Gasteiger partial charge in [0.15, 0.2) is 0 Å². The molecule has 0 saturated heterocycles. The summed E-state index contributed by atoms with van der Waals surface area (Å²) >= 11 is 0. The van der Waals surface area contributed by atoms with Gasteiger partial charge in [-0.1, -0.05) is 12.1 Å². The minimum absolute atomic E-state index is 0.0417. The van der Waals surface area contributed by atoms with Crippen molar-refractivity contribution in [2.24, 2.45) is 0 Å². The standard InChI is InChI=1S/C13H8FN3O2/c14-10-3-1-2-4-11(10)17-12-7-15-5-9(13(18)19)8(12)6-16-17/h1-7H,(H,18,19). The minimum atomic E-state index is -1.09. The number of halogens is 1. The fourth-order valence-corrected chi connectivity index (χ4v) is 1.93. The van der Waals surface area contributed by atoms with Gasteiger partial charge in [0.2, 0.25) is 0 Å². The molecule has 0 atom stereocenters. The topological polar surface area (TPSA) is 68.0 Å². The fourth-order valence-electron chi connectivity index (χ4n) is 1.93. The fraction of sp³-hybridized carbons (Fsp3) is 0. The zero-order chi connectivity index (χ0) is 13.4. The first-order valence-electron chi connectivity index (χ1n) is 5.48. The van der Waals surface area contributed by atoms with Crippen LogP contribution in [0.3, 0.4) is 0 Å². The average Bonchev–Trinajstić information content (AvgIpc) is 2.82. The number of nitrogens with zero attached hydrogens (tertiary/aromatic N) is 3. The van der Waals surface area contributed by atoms with Crippen molar-refractivity contribution < 1.29 is 14.3 Å². The van der Waals surface area contributed by atoms with E-state index in [1.165, 1.54) is 29.3 Å². The van der Waals surface area contributed by atoms with Gasteiger partial charge in [-0.05, 0) is 12.1 Å². The van der Waals surface area contributed by atoms with E-state index in [4.69, 9.17) is 5.11 Å². The van der Waals surface area contributed by atoms with Crippen LogP contribution in [0.5, 0.6) is 0 Å². The zero-order valence-electron chi connectivity index (χ0n) is 9.62. The molecule has 0 bridgehead atoms. The number of rotatable bonds is 2. The van der Waals surface area contributed by atoms with E-state index in [1.54, 1.807) is 18.2 Å². The first-order valence-corrected chi connectivity index (χ1v) is 5.48. The molecule has 6 heteroatoms. The highest BCUT2D eigenvalue weighted by Crippen LogP contribution is 2.22. The second-order valence-corrected chi connectivity index (χ2v) is 3.93. The molecule has 3 rings (SSSR count). The van der Waals surface area contributed by atoms with E-state index in [0.717, 1.165) is 0 Å². The van der Waals surface area contributed by atoms with Crippen molar-refractivity contribution in [3.8, 4) is 5.69 Å². The number of pyridine rings is 1. The van der Waals surface area contributed by atoms with Crippen LogP contribution in [0.25, 0.3) is 16.6 Å². The molecule has 2 heterocycles. The van der Waals surface area contributed by atoms with Gasteiger partial charge in [-0.25, -0.2) is 13.9 Å². The van der Waals surface area contributed by atoms with E-state index in [1.807, 2.05) is 0 Å². The van der Waals surface area contributed by atoms with Crippen LogP contribution in [-0.2, 0) is 0 Å². The summed E-state index contributed by atoms with van der Waals surface area (Å²) in [6.45, 7) is 0. The Morgan fingerprint density at radius 3 is 2.74 bits per heavy atom. The van der Waals surface area contributed by atoms with Gasteiger partial charge in [-0.15, -0.1) is 0 Å². The van der Waals surface area contributed by atoms with Crippen LogP contribution >= 0.6 is 0 Å². The van der Waals surface area contributed by atoms with Gasteiger partial charge < -0.3 is 5.11 Å². The van der Waals surface area contributed by atoms with Gasteiger partial charge in [0.25, 0.3) is 0 Å². The number of aromatic carboxylic acids is 1. The predicted octanol–water partition coefficient (Wildman–Crippen LogP) is 2.26. The third-order valence-electron chi connectivity index (χ3n) is 2.81. The summed E-state index contributed by atoms with van der Waals surface area (Å²) in [5, 5.41) is 13.5. The number of carboxylic acid groups (broad SMARTS) is 1. The highest BCUT2D eigenvalue weighted by Gasteiger charge is 2.14. The average molecular weight is 257 g/mol. The van der Waals surface area contributed by atoms with Crippen molar-refractivity contribution in [2.75, 3.05) is 0 Å². The Hall–Kier alpha value is -2.76. The Balaban J connectivity index is 2.31. The van der Waals surface area contributed by atoms with Crippen LogP contribution in [0.15, 0.2) is 42.9 Å². The molecule has 0 aliphatic rings. The number of benzene rings is 1. The molecule has 0 aliphatic heterocycles. The third-order valence-corrected chi connectivity index (χ3v) is 2.81. The van der Waals surface area contributed by atoms with Crippen molar-refractivity contribution in [2.45, 2.75) is 0 Å². The Morgan fingerprint density at radius 2 is 2.00 bits per heavy atom. The normalized spacial score (nSPS) is 10.8. The monoisotopic (exact) mass is 257 g/mol. The molecule has 0 amide bonds. The smallest absolute Gasteiger partial charge is 0.338 e. The molecule has 2 aromatic heterocycles. The molecular formula is C13H8FN3O2. The molecular weight excluding hydrogens is 249 g/mol. The largest absolute Gasteiger partial charge is 0.478 e. The number of carbonyl (C=O) groups is 1. The van der Waals surface area contributed by atoms with Gasteiger partial charge in [0, 0.05) is 11.6 Å². The molecule has 94 valence electrons. The SMILES string of the molecule is O=C(O)c1cncc2c1cnn2-c1ccccc1F. The zero-order valence-corrected chi connectivity index (χ0v) is 9.62. The number of fused-ring (bicyclic) bond motifs is 1. The quantitative estimate of drug-likeness (QED) is 0.764. The molecule has 1 aromatic carbocycles. The van der Waals surface area contributed by atoms with Gasteiger partial charge in [0.05, 0.1) is 23.5 Å². The lowest BCUT2D eigenvalue weighted by Crippen LogP contribution is -2.01. The number of para-hydroxylation sites is 1. The van der Waals surface area contributed by atoms with E-state index >= 15 is 0 Å². The Labute approximate surface area is 106 Å². The van der Waals surface area contributed by atoms with Crippen LogP contribution < -0.4 is 0 Å². The first-order chi connectivity index (χ1) is 9.18. The molecule has 0 radical (unpaired) electrons. The third kappa shape index (κ3) is 1.74. The molecule has 3 aromatic rings.